The Hall–Kier alpha value is -2.02. The van der Waals surface area contributed by atoms with E-state index >= 15 is 0 Å². The molecule has 0 aliphatic rings. The van der Waals surface area contributed by atoms with Crippen molar-refractivity contribution >= 4 is 40.5 Å². The van der Waals surface area contributed by atoms with E-state index in [9.17, 15) is 4.79 Å². The van der Waals surface area contributed by atoms with E-state index in [4.69, 9.17) is 15.1 Å². The van der Waals surface area contributed by atoms with E-state index in [1.807, 2.05) is 54.6 Å². The van der Waals surface area contributed by atoms with Crippen molar-refractivity contribution in [1.82, 2.24) is 0 Å². The maximum absolute atomic E-state index is 11.0. The molecule has 0 heterocycles. The SMILES string of the molecule is O=C(O)CCCC[As](Cl)(c1ccccc1)(c1ccccc1)c1ccccc1. The van der Waals surface area contributed by atoms with Crippen molar-refractivity contribution in [1.29, 1.82) is 0 Å². The molecule has 3 aromatic rings. The van der Waals surface area contributed by atoms with Gasteiger partial charge in [0, 0.05) is 0 Å². The molecule has 0 aliphatic heterocycles. The summed E-state index contributed by atoms with van der Waals surface area (Å²) in [5, 5.41) is 9.82. The number of rotatable bonds is 8. The second-order valence-corrected chi connectivity index (χ2v) is 19.8. The topological polar surface area (TPSA) is 37.3 Å². The quantitative estimate of drug-likeness (QED) is 0.421. The van der Waals surface area contributed by atoms with Gasteiger partial charge in [0.15, 0.2) is 0 Å². The van der Waals surface area contributed by atoms with Crippen molar-refractivity contribution in [3.05, 3.63) is 91.0 Å². The number of carboxylic acids is 1. The van der Waals surface area contributed by atoms with Gasteiger partial charge >= 0.3 is 166 Å². The normalized spacial score (nSPS) is 12.9. The molecule has 1 N–H and O–H groups in total. The third kappa shape index (κ3) is 3.83. The average molecular weight is 443 g/mol. The van der Waals surface area contributed by atoms with Gasteiger partial charge in [-0.25, -0.2) is 0 Å². The minimum absolute atomic E-state index is 0.176. The van der Waals surface area contributed by atoms with Crippen molar-refractivity contribution in [2.24, 2.45) is 0 Å². The van der Waals surface area contributed by atoms with E-state index in [-0.39, 0.29) is 6.42 Å². The molecule has 0 atom stereocenters. The summed E-state index contributed by atoms with van der Waals surface area (Å²) >= 11 is -3.95. The molecule has 0 radical (unpaired) electrons. The number of carboxylic acid groups (broad SMARTS) is 1. The van der Waals surface area contributed by atoms with Crippen LogP contribution < -0.4 is 13.1 Å². The molecule has 0 unspecified atom stereocenters. The molecule has 2 nitrogen and oxygen atoms in total. The fourth-order valence-corrected chi connectivity index (χ4v) is 16.3. The van der Waals surface area contributed by atoms with Gasteiger partial charge in [-0.2, -0.15) is 0 Å². The Labute approximate surface area is 165 Å². The monoisotopic (exact) mass is 442 g/mol. The van der Waals surface area contributed by atoms with Gasteiger partial charge in [0.25, 0.3) is 0 Å². The van der Waals surface area contributed by atoms with Crippen LogP contribution in [0.5, 0.6) is 0 Å². The van der Waals surface area contributed by atoms with Crippen LogP contribution in [0.1, 0.15) is 19.3 Å². The third-order valence-electron chi connectivity index (χ3n) is 5.10. The van der Waals surface area contributed by atoms with Crippen LogP contribution in [0.4, 0.5) is 0 Å². The Kier molecular flexibility index (Phi) is 6.09. The van der Waals surface area contributed by atoms with Crippen LogP contribution in [-0.2, 0) is 4.79 Å². The summed E-state index contributed by atoms with van der Waals surface area (Å²) in [4.78, 5) is 11.0. The van der Waals surface area contributed by atoms with Gasteiger partial charge in [-0.05, 0) is 0 Å². The molecule has 0 bridgehead atoms. The number of hydrogen-bond acceptors (Lipinski definition) is 1. The van der Waals surface area contributed by atoms with Crippen molar-refractivity contribution in [3.8, 4) is 0 Å². The number of benzene rings is 3. The van der Waals surface area contributed by atoms with E-state index in [0.717, 1.165) is 11.6 Å². The molecule has 0 spiro atoms. The molecule has 0 saturated carbocycles. The fraction of sp³-hybridized carbons (Fsp3) is 0.174. The van der Waals surface area contributed by atoms with Gasteiger partial charge in [-0.3, -0.25) is 0 Å². The van der Waals surface area contributed by atoms with Crippen molar-refractivity contribution in [2.75, 3.05) is 0 Å². The van der Waals surface area contributed by atoms with Gasteiger partial charge in [-0.15, -0.1) is 0 Å². The molecule has 0 amide bonds. The summed E-state index contributed by atoms with van der Waals surface area (Å²) in [6, 6.07) is 31.1. The molecular weight excluding hydrogens is 419 g/mol. The minimum atomic E-state index is -3.95. The van der Waals surface area contributed by atoms with Crippen LogP contribution in [0.15, 0.2) is 91.0 Å². The van der Waals surface area contributed by atoms with E-state index in [1.54, 1.807) is 0 Å². The van der Waals surface area contributed by atoms with E-state index in [2.05, 4.69) is 36.4 Å². The van der Waals surface area contributed by atoms with Crippen LogP contribution in [0.3, 0.4) is 0 Å². The van der Waals surface area contributed by atoms with Gasteiger partial charge in [0.1, 0.15) is 0 Å². The Morgan fingerprint density at radius 2 is 1.07 bits per heavy atom. The molecule has 4 heteroatoms. The fourth-order valence-electron chi connectivity index (χ4n) is 3.74. The predicted octanol–water partition coefficient (Wildman–Crippen LogP) is 4.10. The van der Waals surface area contributed by atoms with Crippen LogP contribution >= 0.6 is 9.95 Å². The second kappa shape index (κ2) is 8.33. The molecule has 0 aliphatic carbocycles. The Balaban J connectivity index is 2.21. The first-order valence-electron chi connectivity index (χ1n) is 9.17. The standard InChI is InChI=1S/C23H24AsClO2/c25-24(19-11-10-18-23(26)27,20-12-4-1-5-13-20,21-14-6-2-7-15-21)22-16-8-3-9-17-22/h1-9,12-17H,10-11,18-19H2,(H,26,27). The van der Waals surface area contributed by atoms with E-state index < -0.39 is 17.5 Å². The van der Waals surface area contributed by atoms with Crippen molar-refractivity contribution < 1.29 is 9.90 Å². The first-order chi connectivity index (χ1) is 13.1. The zero-order valence-electron chi connectivity index (χ0n) is 15.2. The average Bonchev–Trinajstić information content (AvgIpc) is 2.73. The molecular formula is C23H24AsClO2. The molecule has 3 rings (SSSR count). The van der Waals surface area contributed by atoms with Crippen molar-refractivity contribution in [3.63, 3.8) is 0 Å². The number of aliphatic carboxylic acids is 1. The summed E-state index contributed by atoms with van der Waals surface area (Å²) < 4.78 is 3.51. The molecule has 140 valence electrons. The molecule has 0 fully saturated rings. The van der Waals surface area contributed by atoms with E-state index in [1.165, 1.54) is 13.1 Å². The summed E-state index contributed by atoms with van der Waals surface area (Å²) in [6.45, 7) is 0. The third-order valence-corrected chi connectivity index (χ3v) is 20.1. The first kappa shape index (κ1) is 19.7. The molecule has 3 aromatic carbocycles. The summed E-state index contributed by atoms with van der Waals surface area (Å²) in [7, 11) is 7.92. The van der Waals surface area contributed by atoms with Crippen LogP contribution in [0, 0.1) is 0 Å². The predicted molar refractivity (Wildman–Crippen MR) is 116 cm³/mol. The zero-order chi connectivity index (χ0) is 19.2. The maximum atomic E-state index is 11.0. The molecule has 27 heavy (non-hydrogen) atoms. The van der Waals surface area contributed by atoms with Gasteiger partial charge in [0.2, 0.25) is 0 Å². The summed E-state index contributed by atoms with van der Waals surface area (Å²) in [6.07, 6.45) is 1.58. The number of halogens is 1. The van der Waals surface area contributed by atoms with E-state index in [0.29, 0.717) is 6.42 Å². The Morgan fingerprint density at radius 1 is 0.704 bits per heavy atom. The molecule has 0 aromatic heterocycles. The van der Waals surface area contributed by atoms with Crippen molar-refractivity contribution in [2.45, 2.75) is 24.5 Å². The van der Waals surface area contributed by atoms with Gasteiger partial charge < -0.3 is 0 Å². The van der Waals surface area contributed by atoms with Crippen LogP contribution in [0.25, 0.3) is 0 Å². The number of hydrogen-bond donors (Lipinski definition) is 1. The Bertz CT molecular complexity index is 783. The second-order valence-electron chi connectivity index (χ2n) is 6.76. The van der Waals surface area contributed by atoms with Crippen LogP contribution in [0.2, 0.25) is 5.21 Å². The van der Waals surface area contributed by atoms with Gasteiger partial charge in [0.05, 0.1) is 0 Å². The summed E-state index contributed by atoms with van der Waals surface area (Å²) in [5.74, 6) is -0.755. The molecule has 0 saturated heterocycles. The van der Waals surface area contributed by atoms with Crippen LogP contribution in [-0.4, -0.2) is 22.6 Å². The number of unbranched alkanes of at least 4 members (excludes halogenated alkanes) is 1. The first-order valence-corrected chi connectivity index (χ1v) is 15.8. The Morgan fingerprint density at radius 3 is 1.41 bits per heavy atom. The zero-order valence-corrected chi connectivity index (χ0v) is 17.8. The summed E-state index contributed by atoms with van der Waals surface area (Å²) in [5.41, 5.74) is 0. The van der Waals surface area contributed by atoms with Gasteiger partial charge in [-0.1, -0.05) is 0 Å². The number of carbonyl (C=O) groups is 1.